The third kappa shape index (κ3) is 5.18. The molecule has 90 valence electrons. The van der Waals surface area contributed by atoms with E-state index in [2.05, 4.69) is 11.8 Å². The highest BCUT2D eigenvalue weighted by Gasteiger charge is 2.23. The molecule has 1 heterocycles. The molecule has 2 unspecified atom stereocenters. The summed E-state index contributed by atoms with van der Waals surface area (Å²) in [5, 5.41) is 0.219. The fraction of sp³-hybridized carbons (Fsp3) is 1.00. The van der Waals surface area contributed by atoms with Crippen LogP contribution in [0.25, 0.3) is 0 Å². The Hall–Kier alpha value is 0.200. The SMILES string of the molecule is CC1CCN(CCCS(C)(=O)=O)CC1Cl. The average molecular weight is 254 g/mol. The molecule has 1 fully saturated rings. The van der Waals surface area contributed by atoms with Crippen LogP contribution in [0.4, 0.5) is 0 Å². The third-order valence-corrected chi connectivity index (χ3v) is 4.54. The number of hydrogen-bond donors (Lipinski definition) is 0. The summed E-state index contributed by atoms with van der Waals surface area (Å²) in [6, 6.07) is 0. The largest absolute Gasteiger partial charge is 0.302 e. The number of rotatable bonds is 4. The van der Waals surface area contributed by atoms with Crippen LogP contribution in [0, 0.1) is 5.92 Å². The van der Waals surface area contributed by atoms with Crippen LogP contribution in [0.15, 0.2) is 0 Å². The van der Waals surface area contributed by atoms with Crippen LogP contribution in [0.2, 0.25) is 0 Å². The van der Waals surface area contributed by atoms with Gasteiger partial charge >= 0.3 is 0 Å². The maximum atomic E-state index is 10.9. The lowest BCUT2D eigenvalue weighted by molar-refractivity contribution is 0.197. The van der Waals surface area contributed by atoms with Crippen molar-refractivity contribution in [2.45, 2.75) is 25.1 Å². The van der Waals surface area contributed by atoms with Crippen molar-refractivity contribution in [2.75, 3.05) is 31.6 Å². The summed E-state index contributed by atoms with van der Waals surface area (Å²) in [6.07, 6.45) is 3.12. The van der Waals surface area contributed by atoms with E-state index < -0.39 is 9.84 Å². The molecule has 0 radical (unpaired) electrons. The second-order valence-corrected chi connectivity index (χ2v) is 7.39. The van der Waals surface area contributed by atoms with Gasteiger partial charge in [0.25, 0.3) is 0 Å². The van der Waals surface area contributed by atoms with Gasteiger partial charge in [-0.3, -0.25) is 0 Å². The van der Waals surface area contributed by atoms with Crippen molar-refractivity contribution in [1.82, 2.24) is 4.90 Å². The van der Waals surface area contributed by atoms with Crippen LogP contribution in [-0.2, 0) is 9.84 Å². The van der Waals surface area contributed by atoms with Gasteiger partial charge in [-0.2, -0.15) is 0 Å². The van der Waals surface area contributed by atoms with Gasteiger partial charge in [-0.1, -0.05) is 6.92 Å². The van der Waals surface area contributed by atoms with Crippen molar-refractivity contribution in [3.8, 4) is 0 Å². The summed E-state index contributed by atoms with van der Waals surface area (Å²) in [5.74, 6) is 0.865. The van der Waals surface area contributed by atoms with Crippen LogP contribution in [-0.4, -0.2) is 50.3 Å². The Bertz CT molecular complexity index is 292. The molecule has 0 amide bonds. The molecule has 1 aliphatic heterocycles. The maximum Gasteiger partial charge on any atom is 0.147 e. The van der Waals surface area contributed by atoms with Crippen molar-refractivity contribution in [1.29, 1.82) is 0 Å². The van der Waals surface area contributed by atoms with E-state index in [-0.39, 0.29) is 11.1 Å². The summed E-state index contributed by atoms with van der Waals surface area (Å²) in [5.41, 5.74) is 0. The van der Waals surface area contributed by atoms with Gasteiger partial charge in [0.15, 0.2) is 0 Å². The molecule has 2 atom stereocenters. The molecule has 15 heavy (non-hydrogen) atoms. The highest BCUT2D eigenvalue weighted by molar-refractivity contribution is 7.90. The second kappa shape index (κ2) is 5.51. The van der Waals surface area contributed by atoms with Gasteiger partial charge in [0.2, 0.25) is 0 Å². The molecule has 1 saturated heterocycles. The summed E-state index contributed by atoms with van der Waals surface area (Å²) >= 11 is 6.17. The lowest BCUT2D eigenvalue weighted by Crippen LogP contribution is -2.41. The molecule has 5 heteroatoms. The lowest BCUT2D eigenvalue weighted by Gasteiger charge is -2.33. The van der Waals surface area contributed by atoms with Gasteiger partial charge in [-0.05, 0) is 31.8 Å². The predicted molar refractivity (Wildman–Crippen MR) is 64.2 cm³/mol. The van der Waals surface area contributed by atoms with Crippen LogP contribution in [0.1, 0.15) is 19.8 Å². The van der Waals surface area contributed by atoms with Crippen molar-refractivity contribution in [3.05, 3.63) is 0 Å². The molecule has 0 aromatic rings. The normalized spacial score (nSPS) is 29.3. The first-order valence-electron chi connectivity index (χ1n) is 5.42. The number of alkyl halides is 1. The zero-order chi connectivity index (χ0) is 11.5. The summed E-state index contributed by atoms with van der Waals surface area (Å²) in [4.78, 5) is 2.27. The smallest absolute Gasteiger partial charge is 0.147 e. The molecule has 1 rings (SSSR count). The Morgan fingerprint density at radius 3 is 2.67 bits per heavy atom. The average Bonchev–Trinajstić information content (AvgIpc) is 2.09. The van der Waals surface area contributed by atoms with E-state index >= 15 is 0 Å². The zero-order valence-corrected chi connectivity index (χ0v) is 11.0. The monoisotopic (exact) mass is 253 g/mol. The van der Waals surface area contributed by atoms with Gasteiger partial charge in [0.1, 0.15) is 9.84 Å². The molecule has 3 nitrogen and oxygen atoms in total. The summed E-state index contributed by atoms with van der Waals surface area (Å²) in [6.45, 7) is 4.97. The maximum absolute atomic E-state index is 10.9. The third-order valence-electron chi connectivity index (χ3n) is 2.94. The van der Waals surface area contributed by atoms with E-state index in [0.29, 0.717) is 5.92 Å². The fourth-order valence-electron chi connectivity index (χ4n) is 1.84. The van der Waals surface area contributed by atoms with E-state index in [9.17, 15) is 8.42 Å². The van der Waals surface area contributed by atoms with Gasteiger partial charge in [-0.15, -0.1) is 11.6 Å². The molecule has 0 spiro atoms. The molecule has 0 aromatic heterocycles. The van der Waals surface area contributed by atoms with Gasteiger partial charge < -0.3 is 4.90 Å². The molecule has 0 aliphatic carbocycles. The van der Waals surface area contributed by atoms with Gasteiger partial charge in [0.05, 0.1) is 5.75 Å². The van der Waals surface area contributed by atoms with Gasteiger partial charge in [-0.25, -0.2) is 8.42 Å². The molecular weight excluding hydrogens is 234 g/mol. The molecule has 0 bridgehead atoms. The fourth-order valence-corrected chi connectivity index (χ4v) is 2.81. The Labute approximate surface area is 97.7 Å². The van der Waals surface area contributed by atoms with E-state index in [4.69, 9.17) is 11.6 Å². The van der Waals surface area contributed by atoms with Crippen molar-refractivity contribution in [2.24, 2.45) is 5.92 Å². The minimum atomic E-state index is -2.81. The Balaban J connectivity index is 2.23. The standard InChI is InChI=1S/C10H20ClNO2S/c1-9-4-6-12(8-10(9)11)5-3-7-15(2,13)14/h9-10H,3-8H2,1-2H3. The van der Waals surface area contributed by atoms with Gasteiger partial charge in [0, 0.05) is 18.2 Å². The molecule has 0 saturated carbocycles. The van der Waals surface area contributed by atoms with E-state index in [1.165, 1.54) is 6.26 Å². The van der Waals surface area contributed by atoms with Crippen molar-refractivity contribution >= 4 is 21.4 Å². The summed E-state index contributed by atoms with van der Waals surface area (Å²) < 4.78 is 21.9. The minimum absolute atomic E-state index is 0.219. The number of likely N-dealkylation sites (tertiary alicyclic amines) is 1. The highest BCUT2D eigenvalue weighted by atomic mass is 35.5. The molecular formula is C10H20ClNO2S. The molecule has 1 aliphatic rings. The number of hydrogen-bond acceptors (Lipinski definition) is 3. The van der Waals surface area contributed by atoms with Crippen molar-refractivity contribution < 1.29 is 8.42 Å². The highest BCUT2D eigenvalue weighted by Crippen LogP contribution is 2.21. The van der Waals surface area contributed by atoms with Crippen LogP contribution < -0.4 is 0 Å². The Morgan fingerprint density at radius 1 is 1.47 bits per heavy atom. The first-order chi connectivity index (χ1) is 6.88. The quantitative estimate of drug-likeness (QED) is 0.711. The summed E-state index contributed by atoms with van der Waals surface area (Å²) in [7, 11) is -2.81. The lowest BCUT2D eigenvalue weighted by atomic mass is 9.98. The number of piperidine rings is 1. The minimum Gasteiger partial charge on any atom is -0.302 e. The Morgan fingerprint density at radius 2 is 2.13 bits per heavy atom. The number of sulfone groups is 1. The first kappa shape index (κ1) is 13.3. The van der Waals surface area contributed by atoms with E-state index in [1.54, 1.807) is 0 Å². The second-order valence-electron chi connectivity index (χ2n) is 4.57. The van der Waals surface area contributed by atoms with E-state index in [0.717, 1.165) is 32.5 Å². The topological polar surface area (TPSA) is 37.4 Å². The van der Waals surface area contributed by atoms with Crippen LogP contribution in [0.3, 0.4) is 0 Å². The van der Waals surface area contributed by atoms with Crippen LogP contribution in [0.5, 0.6) is 0 Å². The van der Waals surface area contributed by atoms with Crippen molar-refractivity contribution in [3.63, 3.8) is 0 Å². The Kier molecular flexibility index (Phi) is 4.87. The van der Waals surface area contributed by atoms with E-state index in [1.807, 2.05) is 0 Å². The zero-order valence-electron chi connectivity index (χ0n) is 9.45. The predicted octanol–water partition coefficient (Wildman–Crippen LogP) is 1.37. The first-order valence-corrected chi connectivity index (χ1v) is 7.92. The molecule has 0 N–H and O–H groups in total. The number of nitrogens with zero attached hydrogens (tertiary/aromatic N) is 1. The van der Waals surface area contributed by atoms with Crippen LogP contribution >= 0.6 is 11.6 Å². The number of halogens is 1. The molecule has 0 aromatic carbocycles.